The van der Waals surface area contributed by atoms with Crippen molar-refractivity contribution in [3.05, 3.63) is 66.0 Å². The van der Waals surface area contributed by atoms with E-state index in [0.717, 1.165) is 15.9 Å². The summed E-state index contributed by atoms with van der Waals surface area (Å²) in [5.41, 5.74) is 6.21. The van der Waals surface area contributed by atoms with Crippen LogP contribution in [0.15, 0.2) is 59.6 Å². The molecule has 0 bridgehead atoms. The molecule has 0 unspecified atom stereocenters. The topological polar surface area (TPSA) is 84.0 Å². The number of nitrogens with zero attached hydrogens (tertiary/aromatic N) is 2. The van der Waals surface area contributed by atoms with Crippen LogP contribution in [-0.4, -0.2) is 27.0 Å². The van der Waals surface area contributed by atoms with Gasteiger partial charge in [0.1, 0.15) is 10.9 Å². The van der Waals surface area contributed by atoms with Crippen molar-refractivity contribution in [3.63, 3.8) is 0 Å². The Morgan fingerprint density at radius 3 is 2.42 bits per heavy atom. The minimum Gasteiger partial charge on any atom is -0.272 e. The lowest BCUT2D eigenvalue weighted by atomic mass is 10.2. The van der Waals surface area contributed by atoms with Gasteiger partial charge in [-0.1, -0.05) is 48.2 Å². The average Bonchev–Trinajstić information content (AvgIpc) is 2.66. The molecule has 2 amide bonds. The number of aromatic nitrogens is 2. The average molecular weight is 366 g/mol. The van der Waals surface area contributed by atoms with Gasteiger partial charge in [-0.15, -0.1) is 0 Å². The lowest BCUT2D eigenvalue weighted by Crippen LogP contribution is -2.44. The van der Waals surface area contributed by atoms with Crippen molar-refractivity contribution in [1.82, 2.24) is 20.8 Å². The summed E-state index contributed by atoms with van der Waals surface area (Å²) in [5, 5.41) is 1.20. The molecule has 2 aromatic carbocycles. The number of para-hydroxylation sites is 1. The van der Waals surface area contributed by atoms with E-state index in [1.54, 1.807) is 31.2 Å². The molecule has 2 N–H and O–H groups in total. The summed E-state index contributed by atoms with van der Waals surface area (Å²) in [4.78, 5) is 33.2. The highest BCUT2D eigenvalue weighted by Gasteiger charge is 2.18. The number of nitrogens with one attached hydrogen (secondary N) is 2. The molecule has 7 heteroatoms. The molecule has 3 aromatic rings. The Labute approximate surface area is 155 Å². The van der Waals surface area contributed by atoms with Gasteiger partial charge < -0.3 is 0 Å². The third-order valence-electron chi connectivity index (χ3n) is 3.67. The van der Waals surface area contributed by atoms with Gasteiger partial charge >= 0.3 is 0 Å². The predicted molar refractivity (Wildman–Crippen MR) is 102 cm³/mol. The van der Waals surface area contributed by atoms with Gasteiger partial charge in [0.2, 0.25) is 0 Å². The Kier molecular flexibility index (Phi) is 5.48. The van der Waals surface area contributed by atoms with Crippen LogP contribution in [0.4, 0.5) is 0 Å². The number of hydrazine groups is 1. The fraction of sp³-hybridized carbons (Fsp3) is 0.158. The van der Waals surface area contributed by atoms with Crippen molar-refractivity contribution in [2.24, 2.45) is 0 Å². The van der Waals surface area contributed by atoms with Crippen LogP contribution in [0.2, 0.25) is 0 Å². The Morgan fingerprint density at radius 2 is 1.65 bits per heavy atom. The second kappa shape index (κ2) is 7.97. The molecule has 1 aromatic heterocycles. The molecule has 132 valence electrons. The third-order valence-corrected chi connectivity index (χ3v) is 4.77. The molecular formula is C19H18N4O2S. The standard InChI is InChI=1S/C19H18N4O2S/c1-12(17(24)22-23-18(25)14-8-4-3-5-9-14)26-19-15-10-6-7-11-16(15)20-13(2)21-19/h3-12H,1-2H3,(H,22,24)(H,23,25)/t12-/m0/s1. The van der Waals surface area contributed by atoms with Crippen molar-refractivity contribution >= 4 is 34.5 Å². The fourth-order valence-corrected chi connectivity index (χ4v) is 3.34. The Bertz CT molecular complexity index is 947. The number of amides is 2. The van der Waals surface area contributed by atoms with Gasteiger partial charge in [0.15, 0.2) is 0 Å². The molecule has 0 spiro atoms. The molecule has 0 fully saturated rings. The number of benzene rings is 2. The first-order valence-corrected chi connectivity index (χ1v) is 8.98. The van der Waals surface area contributed by atoms with Crippen LogP contribution < -0.4 is 10.9 Å². The first kappa shape index (κ1) is 17.9. The summed E-state index contributed by atoms with van der Waals surface area (Å²) in [6.07, 6.45) is 0. The zero-order valence-corrected chi connectivity index (χ0v) is 15.2. The van der Waals surface area contributed by atoms with Crippen LogP contribution in [-0.2, 0) is 4.79 Å². The quantitative estimate of drug-likeness (QED) is 0.421. The zero-order valence-electron chi connectivity index (χ0n) is 14.4. The minimum absolute atomic E-state index is 0.306. The third kappa shape index (κ3) is 4.18. The first-order valence-electron chi connectivity index (χ1n) is 8.10. The molecular weight excluding hydrogens is 348 g/mol. The molecule has 0 saturated heterocycles. The second-order valence-corrected chi connectivity index (χ2v) is 6.99. The van der Waals surface area contributed by atoms with Gasteiger partial charge in [-0.25, -0.2) is 9.97 Å². The van der Waals surface area contributed by atoms with Crippen molar-refractivity contribution in [2.45, 2.75) is 24.1 Å². The number of hydrogen-bond donors (Lipinski definition) is 2. The van der Waals surface area contributed by atoms with Crippen LogP contribution >= 0.6 is 11.8 Å². The number of thioether (sulfide) groups is 1. The molecule has 6 nitrogen and oxygen atoms in total. The molecule has 26 heavy (non-hydrogen) atoms. The molecule has 0 radical (unpaired) electrons. The Balaban J connectivity index is 1.66. The van der Waals surface area contributed by atoms with Crippen molar-refractivity contribution in [2.75, 3.05) is 0 Å². The number of fused-ring (bicyclic) bond motifs is 1. The van der Waals surface area contributed by atoms with Crippen LogP contribution in [0.25, 0.3) is 10.9 Å². The van der Waals surface area contributed by atoms with E-state index >= 15 is 0 Å². The van der Waals surface area contributed by atoms with E-state index in [1.807, 2.05) is 37.3 Å². The lowest BCUT2D eigenvalue weighted by molar-refractivity contribution is -0.121. The summed E-state index contributed by atoms with van der Waals surface area (Å²) in [5.74, 6) is -0.0182. The smallest absolute Gasteiger partial charge is 0.269 e. The summed E-state index contributed by atoms with van der Waals surface area (Å²) in [6, 6.07) is 16.4. The highest BCUT2D eigenvalue weighted by molar-refractivity contribution is 8.00. The summed E-state index contributed by atoms with van der Waals surface area (Å²) >= 11 is 1.33. The van der Waals surface area contributed by atoms with Crippen LogP contribution in [0.5, 0.6) is 0 Å². The number of rotatable bonds is 4. The van der Waals surface area contributed by atoms with Gasteiger partial charge in [-0.3, -0.25) is 20.4 Å². The highest BCUT2D eigenvalue weighted by atomic mass is 32.2. The number of carbonyl (C=O) groups is 2. The SMILES string of the molecule is Cc1nc(S[C@@H](C)C(=O)NNC(=O)c2ccccc2)c2ccccc2n1. The second-order valence-electron chi connectivity index (χ2n) is 5.66. The van der Waals surface area contributed by atoms with Crippen molar-refractivity contribution in [3.8, 4) is 0 Å². The number of hydrogen-bond acceptors (Lipinski definition) is 5. The van der Waals surface area contributed by atoms with Crippen LogP contribution in [0, 0.1) is 6.92 Å². The fourth-order valence-electron chi connectivity index (χ4n) is 2.35. The predicted octanol–water partition coefficient (Wildman–Crippen LogP) is 2.88. The van der Waals surface area contributed by atoms with Crippen molar-refractivity contribution in [1.29, 1.82) is 0 Å². The van der Waals surface area contributed by atoms with Gasteiger partial charge in [0, 0.05) is 10.9 Å². The maximum Gasteiger partial charge on any atom is 0.269 e. The minimum atomic E-state index is -0.441. The monoisotopic (exact) mass is 366 g/mol. The van der Waals surface area contributed by atoms with Crippen LogP contribution in [0.1, 0.15) is 23.1 Å². The number of aryl methyl sites for hydroxylation is 1. The zero-order chi connectivity index (χ0) is 18.5. The summed E-state index contributed by atoms with van der Waals surface area (Å²) < 4.78 is 0. The molecule has 1 heterocycles. The Hall–Kier alpha value is -2.93. The molecule has 3 rings (SSSR count). The summed E-state index contributed by atoms with van der Waals surface area (Å²) in [7, 11) is 0. The van der Waals surface area contributed by atoms with Gasteiger partial charge in [-0.2, -0.15) is 0 Å². The van der Waals surface area contributed by atoms with E-state index in [-0.39, 0.29) is 11.8 Å². The normalized spacial score (nSPS) is 11.8. The molecule has 0 aliphatic rings. The van der Waals surface area contributed by atoms with E-state index in [0.29, 0.717) is 11.4 Å². The van der Waals surface area contributed by atoms with Gasteiger partial charge in [-0.05, 0) is 32.0 Å². The molecule has 1 atom stereocenters. The Morgan fingerprint density at radius 1 is 0.962 bits per heavy atom. The number of carbonyl (C=O) groups excluding carboxylic acids is 2. The van der Waals surface area contributed by atoms with E-state index in [2.05, 4.69) is 20.8 Å². The molecule has 0 aliphatic heterocycles. The van der Waals surface area contributed by atoms with E-state index in [1.165, 1.54) is 11.8 Å². The van der Waals surface area contributed by atoms with Gasteiger partial charge in [0.25, 0.3) is 11.8 Å². The maximum absolute atomic E-state index is 12.3. The molecule has 0 saturated carbocycles. The lowest BCUT2D eigenvalue weighted by Gasteiger charge is -2.13. The van der Waals surface area contributed by atoms with Crippen LogP contribution in [0.3, 0.4) is 0 Å². The summed E-state index contributed by atoms with van der Waals surface area (Å²) in [6.45, 7) is 3.59. The molecule has 0 aliphatic carbocycles. The van der Waals surface area contributed by atoms with Crippen molar-refractivity contribution < 1.29 is 9.59 Å². The van der Waals surface area contributed by atoms with E-state index < -0.39 is 5.25 Å². The first-order chi connectivity index (χ1) is 12.5. The maximum atomic E-state index is 12.3. The van der Waals surface area contributed by atoms with E-state index in [9.17, 15) is 9.59 Å². The van der Waals surface area contributed by atoms with E-state index in [4.69, 9.17) is 0 Å². The largest absolute Gasteiger partial charge is 0.272 e. The highest BCUT2D eigenvalue weighted by Crippen LogP contribution is 2.28. The van der Waals surface area contributed by atoms with Gasteiger partial charge in [0.05, 0.1) is 10.8 Å².